The van der Waals surface area contributed by atoms with Crippen LogP contribution in [0.25, 0.3) is 0 Å². The number of nitrogens with one attached hydrogen (secondary N) is 1. The predicted molar refractivity (Wildman–Crippen MR) is 55.0 cm³/mol. The molecule has 0 atom stereocenters. The van der Waals surface area contributed by atoms with Gasteiger partial charge in [-0.3, -0.25) is 0 Å². The van der Waals surface area contributed by atoms with Crippen LogP contribution in [0.5, 0.6) is 0 Å². The summed E-state index contributed by atoms with van der Waals surface area (Å²) in [5.74, 6) is 0.263. The Bertz CT molecular complexity index is 207. The van der Waals surface area contributed by atoms with Crippen molar-refractivity contribution < 1.29 is 17.6 Å². The standard InChI is InChI=1S/C11H19F4N/c1-16-8-2-3-9-4-6-10(12,7-5-9)11(13,14)15/h9,16H,2-8H2,1H3. The van der Waals surface area contributed by atoms with Gasteiger partial charge in [-0.1, -0.05) is 0 Å². The minimum Gasteiger partial charge on any atom is -0.320 e. The third-order valence-corrected chi connectivity index (χ3v) is 3.44. The van der Waals surface area contributed by atoms with E-state index >= 15 is 0 Å². The normalized spacial score (nSPS) is 31.7. The van der Waals surface area contributed by atoms with E-state index in [1.54, 1.807) is 0 Å². The first kappa shape index (κ1) is 13.7. The first-order valence-corrected chi connectivity index (χ1v) is 5.79. The van der Waals surface area contributed by atoms with E-state index in [1.807, 2.05) is 7.05 Å². The van der Waals surface area contributed by atoms with E-state index in [0.717, 1.165) is 19.4 Å². The van der Waals surface area contributed by atoms with Gasteiger partial charge in [-0.2, -0.15) is 13.2 Å². The number of hydrogen-bond acceptors (Lipinski definition) is 1. The molecule has 1 aliphatic rings. The number of alkyl halides is 4. The average molecular weight is 241 g/mol. The van der Waals surface area contributed by atoms with Gasteiger partial charge >= 0.3 is 6.18 Å². The summed E-state index contributed by atoms with van der Waals surface area (Å²) in [6.07, 6.45) is -2.84. The van der Waals surface area contributed by atoms with Gasteiger partial charge in [0.1, 0.15) is 0 Å². The largest absolute Gasteiger partial charge is 0.422 e. The van der Waals surface area contributed by atoms with Crippen LogP contribution in [0.15, 0.2) is 0 Å². The van der Waals surface area contributed by atoms with E-state index in [1.165, 1.54) is 0 Å². The minimum atomic E-state index is -4.69. The Balaban J connectivity index is 2.33. The van der Waals surface area contributed by atoms with Crippen molar-refractivity contribution >= 4 is 0 Å². The van der Waals surface area contributed by atoms with E-state index in [-0.39, 0.29) is 18.8 Å². The molecule has 0 spiro atoms. The molecule has 0 radical (unpaired) electrons. The SMILES string of the molecule is CNCCCC1CCC(F)(C(F)(F)F)CC1. The first-order valence-electron chi connectivity index (χ1n) is 5.79. The third-order valence-electron chi connectivity index (χ3n) is 3.44. The van der Waals surface area contributed by atoms with Gasteiger partial charge in [0.05, 0.1) is 0 Å². The molecule has 16 heavy (non-hydrogen) atoms. The van der Waals surface area contributed by atoms with Crippen LogP contribution in [-0.2, 0) is 0 Å². The highest BCUT2D eigenvalue weighted by atomic mass is 19.4. The van der Waals surface area contributed by atoms with Crippen molar-refractivity contribution in [1.82, 2.24) is 5.32 Å². The lowest BCUT2D eigenvalue weighted by Crippen LogP contribution is -2.43. The molecule has 1 rings (SSSR count). The van der Waals surface area contributed by atoms with Crippen molar-refractivity contribution in [3.63, 3.8) is 0 Å². The molecule has 1 nitrogen and oxygen atoms in total. The molecule has 0 heterocycles. The van der Waals surface area contributed by atoms with Gasteiger partial charge in [-0.15, -0.1) is 0 Å². The van der Waals surface area contributed by atoms with Crippen molar-refractivity contribution in [2.45, 2.75) is 50.4 Å². The Morgan fingerprint density at radius 1 is 1.25 bits per heavy atom. The second-order valence-electron chi connectivity index (χ2n) is 4.65. The summed E-state index contributed by atoms with van der Waals surface area (Å²) in [6.45, 7) is 0.872. The van der Waals surface area contributed by atoms with Gasteiger partial charge in [0.25, 0.3) is 0 Å². The van der Waals surface area contributed by atoms with Crippen molar-refractivity contribution in [2.24, 2.45) is 5.92 Å². The molecule has 0 amide bonds. The molecule has 0 aromatic heterocycles. The second-order valence-corrected chi connectivity index (χ2v) is 4.65. The first-order chi connectivity index (χ1) is 7.39. The van der Waals surface area contributed by atoms with Crippen LogP contribution in [0.1, 0.15) is 38.5 Å². The van der Waals surface area contributed by atoms with Crippen LogP contribution in [0.3, 0.4) is 0 Å². The van der Waals surface area contributed by atoms with Crippen LogP contribution in [-0.4, -0.2) is 25.4 Å². The second kappa shape index (κ2) is 5.34. The fourth-order valence-electron chi connectivity index (χ4n) is 2.27. The van der Waals surface area contributed by atoms with Crippen molar-refractivity contribution in [2.75, 3.05) is 13.6 Å². The molecule has 5 heteroatoms. The Labute approximate surface area is 93.6 Å². The summed E-state index contributed by atoms with van der Waals surface area (Å²) in [5, 5.41) is 2.99. The summed E-state index contributed by atoms with van der Waals surface area (Å²) < 4.78 is 50.6. The number of halogens is 4. The van der Waals surface area contributed by atoms with Gasteiger partial charge < -0.3 is 5.32 Å². The Hall–Kier alpha value is -0.320. The molecule has 1 fully saturated rings. The fraction of sp³-hybridized carbons (Fsp3) is 1.00. The quantitative estimate of drug-likeness (QED) is 0.587. The summed E-state index contributed by atoms with van der Waals surface area (Å²) in [5.41, 5.74) is -2.92. The topological polar surface area (TPSA) is 12.0 Å². The van der Waals surface area contributed by atoms with E-state index in [0.29, 0.717) is 12.8 Å². The Kier molecular flexibility index (Phi) is 4.59. The minimum absolute atomic E-state index is 0.263. The molecule has 0 aromatic carbocycles. The van der Waals surface area contributed by atoms with E-state index in [9.17, 15) is 17.6 Å². The predicted octanol–water partition coefficient (Wildman–Crippen LogP) is 3.45. The molecular formula is C11H19F4N. The van der Waals surface area contributed by atoms with Gasteiger partial charge in [-0.25, -0.2) is 4.39 Å². The summed E-state index contributed by atoms with van der Waals surface area (Å²) in [7, 11) is 1.84. The van der Waals surface area contributed by atoms with E-state index in [2.05, 4.69) is 5.32 Å². The highest BCUT2D eigenvalue weighted by molar-refractivity contribution is 4.91. The summed E-state index contributed by atoms with van der Waals surface area (Å²) in [6, 6.07) is 0. The van der Waals surface area contributed by atoms with Crippen molar-refractivity contribution in [3.8, 4) is 0 Å². The lowest BCUT2D eigenvalue weighted by Gasteiger charge is -2.35. The Morgan fingerprint density at radius 3 is 2.25 bits per heavy atom. The molecule has 0 aromatic rings. The van der Waals surface area contributed by atoms with Crippen LogP contribution in [0.4, 0.5) is 17.6 Å². The lowest BCUT2D eigenvalue weighted by atomic mass is 9.78. The van der Waals surface area contributed by atoms with Crippen LogP contribution < -0.4 is 5.32 Å². The maximum atomic E-state index is 13.5. The fourth-order valence-corrected chi connectivity index (χ4v) is 2.27. The maximum absolute atomic E-state index is 13.5. The molecule has 0 bridgehead atoms. The monoisotopic (exact) mass is 241 g/mol. The van der Waals surface area contributed by atoms with Crippen LogP contribution >= 0.6 is 0 Å². The molecule has 0 saturated heterocycles. The van der Waals surface area contributed by atoms with Gasteiger partial charge in [0.15, 0.2) is 0 Å². The van der Waals surface area contributed by atoms with Crippen LogP contribution in [0.2, 0.25) is 0 Å². The van der Waals surface area contributed by atoms with Gasteiger partial charge in [0, 0.05) is 0 Å². The highest BCUT2D eigenvalue weighted by Crippen LogP contribution is 2.46. The highest BCUT2D eigenvalue weighted by Gasteiger charge is 2.56. The molecule has 1 saturated carbocycles. The summed E-state index contributed by atoms with van der Waals surface area (Å²) >= 11 is 0. The maximum Gasteiger partial charge on any atom is 0.422 e. The molecular weight excluding hydrogens is 222 g/mol. The van der Waals surface area contributed by atoms with Gasteiger partial charge in [0.2, 0.25) is 5.67 Å². The molecule has 0 aliphatic heterocycles. The lowest BCUT2D eigenvalue weighted by molar-refractivity contribution is -0.242. The van der Waals surface area contributed by atoms with Crippen molar-refractivity contribution in [1.29, 1.82) is 0 Å². The van der Waals surface area contributed by atoms with Gasteiger partial charge in [-0.05, 0) is 58.0 Å². The van der Waals surface area contributed by atoms with Crippen molar-refractivity contribution in [3.05, 3.63) is 0 Å². The van der Waals surface area contributed by atoms with E-state index in [4.69, 9.17) is 0 Å². The summed E-state index contributed by atoms with van der Waals surface area (Å²) in [4.78, 5) is 0. The number of rotatable bonds is 4. The number of hydrogen-bond donors (Lipinski definition) is 1. The zero-order valence-corrected chi connectivity index (χ0v) is 9.54. The molecule has 1 N–H and O–H groups in total. The van der Waals surface area contributed by atoms with Crippen LogP contribution in [0, 0.1) is 5.92 Å². The molecule has 96 valence electrons. The Morgan fingerprint density at radius 2 is 1.81 bits per heavy atom. The van der Waals surface area contributed by atoms with E-state index < -0.39 is 11.8 Å². The molecule has 1 aliphatic carbocycles. The smallest absolute Gasteiger partial charge is 0.320 e. The third kappa shape index (κ3) is 3.34. The average Bonchev–Trinajstić information content (AvgIpc) is 2.20. The zero-order valence-electron chi connectivity index (χ0n) is 9.54. The zero-order chi connectivity index (χ0) is 12.2. The molecule has 0 unspecified atom stereocenters.